The van der Waals surface area contributed by atoms with Crippen LogP contribution in [-0.2, 0) is 26.0 Å². The number of carbonyl (C=O) groups excluding carboxylic acids is 2. The predicted octanol–water partition coefficient (Wildman–Crippen LogP) is 2.44. The molecule has 37 heavy (non-hydrogen) atoms. The van der Waals surface area contributed by atoms with Gasteiger partial charge < -0.3 is 26.3 Å². The summed E-state index contributed by atoms with van der Waals surface area (Å²) >= 11 is 0. The zero-order valence-electron chi connectivity index (χ0n) is 23.1. The minimum absolute atomic E-state index is 0.0291. The normalized spacial score (nSPS) is 16.4. The van der Waals surface area contributed by atoms with Gasteiger partial charge in [-0.15, -0.1) is 0 Å². The lowest BCUT2D eigenvalue weighted by Gasteiger charge is -2.37. The molecule has 1 aliphatic rings. The van der Waals surface area contributed by atoms with Gasteiger partial charge in [0.15, 0.2) is 5.96 Å². The van der Waals surface area contributed by atoms with Gasteiger partial charge >= 0.3 is 0 Å². The van der Waals surface area contributed by atoms with E-state index in [1.54, 1.807) is 13.8 Å². The smallest absolute Gasteiger partial charge is 0.267 e. The van der Waals surface area contributed by atoms with Crippen LogP contribution in [0.1, 0.15) is 75.6 Å². The Morgan fingerprint density at radius 2 is 1.84 bits per heavy atom. The first-order chi connectivity index (χ1) is 17.0. The molecule has 208 valence electrons. The quantitative estimate of drug-likeness (QED) is 0.144. The Kier molecular flexibility index (Phi) is 9.75. The van der Waals surface area contributed by atoms with E-state index in [9.17, 15) is 18.0 Å². The summed E-state index contributed by atoms with van der Waals surface area (Å²) in [5.41, 5.74) is 13.6. The van der Waals surface area contributed by atoms with Gasteiger partial charge in [-0.25, -0.2) is 12.7 Å². The number of hydrogen-bond donors (Lipinski definition) is 4. The van der Waals surface area contributed by atoms with Crippen LogP contribution in [0.2, 0.25) is 0 Å². The van der Waals surface area contributed by atoms with E-state index in [4.69, 9.17) is 21.6 Å². The third kappa shape index (κ3) is 6.81. The molecule has 0 radical (unpaired) electrons. The third-order valence-corrected chi connectivity index (χ3v) is 8.99. The summed E-state index contributed by atoms with van der Waals surface area (Å²) in [6.45, 7) is 13.3. The summed E-state index contributed by atoms with van der Waals surface area (Å²) in [5.74, 6) is -0.387. The van der Waals surface area contributed by atoms with Crippen LogP contribution >= 0.6 is 0 Å². The average molecular weight is 538 g/mol. The van der Waals surface area contributed by atoms with Crippen LogP contribution in [0.5, 0.6) is 5.75 Å². The van der Waals surface area contributed by atoms with E-state index in [1.165, 1.54) is 0 Å². The molecule has 1 amide bonds. The first-order valence-corrected chi connectivity index (χ1v) is 14.2. The number of sulfonamides is 1. The van der Waals surface area contributed by atoms with Crippen molar-refractivity contribution in [3.63, 3.8) is 0 Å². The van der Waals surface area contributed by atoms with Crippen LogP contribution in [0.25, 0.3) is 0 Å². The van der Waals surface area contributed by atoms with Crippen molar-refractivity contribution in [1.29, 1.82) is 5.41 Å². The summed E-state index contributed by atoms with van der Waals surface area (Å²) in [7, 11) is -4.45. The van der Waals surface area contributed by atoms with Crippen LogP contribution in [0.4, 0.5) is 0 Å². The summed E-state index contributed by atoms with van der Waals surface area (Å²) in [5, 5.41) is 9.87. The van der Waals surface area contributed by atoms with Gasteiger partial charge in [0.2, 0.25) is 0 Å². The molecule has 0 aliphatic carbocycles. The number of nitrogens with one attached hydrogen (secondary N) is 2. The maximum absolute atomic E-state index is 14.3. The number of hydrogen-bond acceptors (Lipinski definition) is 7. The molecule has 0 aromatic heterocycles. The van der Waals surface area contributed by atoms with Gasteiger partial charge in [0, 0.05) is 6.54 Å². The minimum atomic E-state index is -4.45. The van der Waals surface area contributed by atoms with Gasteiger partial charge in [-0.1, -0.05) is 13.8 Å². The molecule has 2 rings (SSSR count). The Morgan fingerprint density at radius 3 is 2.38 bits per heavy atom. The molecule has 1 aromatic rings. The van der Waals surface area contributed by atoms with Crippen LogP contribution < -0.4 is 21.5 Å². The summed E-state index contributed by atoms with van der Waals surface area (Å²) in [6.07, 6.45) is 2.59. The van der Waals surface area contributed by atoms with Crippen molar-refractivity contribution in [3.05, 3.63) is 22.3 Å². The Hall–Kier alpha value is -2.66. The lowest BCUT2D eigenvalue weighted by molar-refractivity contribution is -0.132. The summed E-state index contributed by atoms with van der Waals surface area (Å²) < 4.78 is 35.5. The molecule has 0 saturated heterocycles. The molecule has 0 spiro atoms. The second-order valence-electron chi connectivity index (χ2n) is 10.9. The number of ether oxygens (including phenoxy) is 1. The van der Waals surface area contributed by atoms with Crippen molar-refractivity contribution in [2.75, 3.05) is 6.54 Å². The van der Waals surface area contributed by atoms with Crippen LogP contribution in [-0.4, -0.2) is 55.1 Å². The summed E-state index contributed by atoms with van der Waals surface area (Å²) in [4.78, 5) is 25.8. The molecule has 6 N–H and O–H groups in total. The van der Waals surface area contributed by atoms with Crippen molar-refractivity contribution in [2.45, 2.75) is 103 Å². The molecule has 1 aromatic carbocycles. The number of benzene rings is 1. The van der Waals surface area contributed by atoms with E-state index in [2.05, 4.69) is 5.32 Å². The Labute approximate surface area is 221 Å². The minimum Gasteiger partial charge on any atom is -0.487 e. The van der Waals surface area contributed by atoms with E-state index in [1.807, 2.05) is 34.6 Å². The number of nitrogens with two attached hydrogens (primary N) is 2. The highest BCUT2D eigenvalue weighted by molar-refractivity contribution is 7.89. The fourth-order valence-corrected chi connectivity index (χ4v) is 6.93. The number of rotatable bonds is 11. The molecule has 0 bridgehead atoms. The van der Waals surface area contributed by atoms with E-state index >= 15 is 0 Å². The number of guanidine groups is 1. The van der Waals surface area contributed by atoms with Gasteiger partial charge in [-0.05, 0) is 94.9 Å². The molecule has 0 saturated carbocycles. The fraction of sp³-hybridized carbons (Fsp3) is 0.654. The lowest BCUT2D eigenvalue weighted by Crippen LogP contribution is -2.53. The molecular weight excluding hydrogens is 494 g/mol. The van der Waals surface area contributed by atoms with Gasteiger partial charge in [0.1, 0.15) is 23.7 Å². The fourth-order valence-electron chi connectivity index (χ4n) is 4.81. The highest BCUT2D eigenvalue weighted by Gasteiger charge is 2.42. The topological polar surface area (TPSA) is 169 Å². The number of nitrogens with zero attached hydrogens (tertiary/aromatic N) is 1. The second-order valence-corrected chi connectivity index (χ2v) is 12.7. The van der Waals surface area contributed by atoms with Gasteiger partial charge in [-0.3, -0.25) is 10.2 Å². The molecule has 0 unspecified atom stereocenters. The van der Waals surface area contributed by atoms with Crippen LogP contribution in [0.15, 0.2) is 4.90 Å². The summed E-state index contributed by atoms with van der Waals surface area (Å²) in [6, 6.07) is -2.34. The molecular formula is C26H43N5O5S. The zero-order chi connectivity index (χ0) is 28.3. The van der Waals surface area contributed by atoms with Crippen molar-refractivity contribution in [2.24, 2.45) is 17.4 Å². The van der Waals surface area contributed by atoms with E-state index in [-0.39, 0.29) is 35.2 Å². The standard InChI is InChI=1S/C26H43N5O5S/c1-15(2)13-19(14-32)31(24(33)21(27)9-8-12-30-25(28)29)37(34,35)23-17(4)16(3)22-20(18(23)5)10-11-26(6,7)36-22/h14-15,19,21H,8-13,27H2,1-7H3,(H4,28,29,30)/t19-,21-/m0/s1. The number of aldehydes is 1. The van der Waals surface area contributed by atoms with Crippen LogP contribution in [0.3, 0.4) is 0 Å². The number of fused-ring (bicyclic) bond motifs is 1. The molecule has 1 heterocycles. The predicted molar refractivity (Wildman–Crippen MR) is 144 cm³/mol. The van der Waals surface area contributed by atoms with E-state index in [0.29, 0.717) is 52.4 Å². The maximum atomic E-state index is 14.3. The largest absolute Gasteiger partial charge is 0.487 e. The zero-order valence-corrected chi connectivity index (χ0v) is 23.9. The molecule has 0 fully saturated rings. The van der Waals surface area contributed by atoms with E-state index < -0.39 is 28.0 Å². The molecule has 2 atom stereocenters. The van der Waals surface area contributed by atoms with Crippen molar-refractivity contribution in [3.8, 4) is 5.75 Å². The highest BCUT2D eigenvalue weighted by Crippen LogP contribution is 2.43. The molecule has 1 aliphatic heterocycles. The number of carbonyl (C=O) groups is 2. The lowest BCUT2D eigenvalue weighted by atomic mass is 9.88. The first kappa shape index (κ1) is 30.6. The first-order valence-electron chi connectivity index (χ1n) is 12.7. The SMILES string of the molecule is Cc1c(C)c(S(=O)(=O)N(C(=O)[C@@H](N)CCCNC(=N)N)[C@H](C=O)CC(C)C)c(C)c2c1OC(C)(C)CC2. The van der Waals surface area contributed by atoms with E-state index in [0.717, 1.165) is 12.0 Å². The van der Waals surface area contributed by atoms with Crippen molar-refractivity contribution in [1.82, 2.24) is 9.62 Å². The van der Waals surface area contributed by atoms with Crippen molar-refractivity contribution >= 4 is 28.2 Å². The maximum Gasteiger partial charge on any atom is 0.267 e. The molecule has 11 heteroatoms. The third-order valence-electron chi connectivity index (χ3n) is 6.90. The Bertz CT molecular complexity index is 1150. The number of amides is 1. The second kappa shape index (κ2) is 11.8. The highest BCUT2D eigenvalue weighted by atomic mass is 32.2. The van der Waals surface area contributed by atoms with Gasteiger partial charge in [0.25, 0.3) is 15.9 Å². The molecule has 10 nitrogen and oxygen atoms in total. The van der Waals surface area contributed by atoms with Crippen LogP contribution in [0, 0.1) is 32.1 Å². The van der Waals surface area contributed by atoms with Gasteiger partial charge in [-0.2, -0.15) is 0 Å². The van der Waals surface area contributed by atoms with Gasteiger partial charge in [0.05, 0.1) is 10.9 Å². The average Bonchev–Trinajstić information content (AvgIpc) is 2.78. The Morgan fingerprint density at radius 1 is 1.22 bits per heavy atom. The van der Waals surface area contributed by atoms with Crippen molar-refractivity contribution < 1.29 is 22.7 Å². The Balaban J connectivity index is 2.61. The monoisotopic (exact) mass is 537 g/mol.